The highest BCUT2D eigenvalue weighted by Crippen LogP contribution is 1.79. The first-order valence-corrected chi connectivity index (χ1v) is 1.95. The van der Waals surface area contributed by atoms with Crippen molar-refractivity contribution in [3.05, 3.63) is 18.5 Å². The third-order valence-corrected chi connectivity index (χ3v) is 0.649. The molecule has 0 aromatic carbocycles. The van der Waals surface area contributed by atoms with Crippen molar-refractivity contribution in [3.8, 4) is 0 Å². The summed E-state index contributed by atoms with van der Waals surface area (Å²) in [6.45, 7) is 0. The minimum Gasteiger partial charge on any atom is -0.463 e. The van der Waals surface area contributed by atoms with E-state index in [1.165, 1.54) is 12.4 Å². The van der Waals surface area contributed by atoms with E-state index in [-0.39, 0.29) is 0 Å². The van der Waals surface area contributed by atoms with E-state index in [2.05, 4.69) is 11.2 Å². The maximum absolute atomic E-state index is 9.94. The zero-order valence-corrected chi connectivity index (χ0v) is 3.90. The molecule has 1 rings (SSSR count). The summed E-state index contributed by atoms with van der Waals surface area (Å²) < 4.78 is 0.778. The van der Waals surface area contributed by atoms with Crippen molar-refractivity contribution in [3.63, 3.8) is 0 Å². The van der Waals surface area contributed by atoms with Crippen molar-refractivity contribution in [2.24, 2.45) is 0 Å². The van der Waals surface area contributed by atoms with E-state index < -0.39 is 6.09 Å². The molecule has 4 nitrogen and oxygen atoms in total. The van der Waals surface area contributed by atoms with Gasteiger partial charge in [-0.2, -0.15) is 9.78 Å². The quantitative estimate of drug-likeness (QED) is 0.520. The van der Waals surface area contributed by atoms with Gasteiger partial charge in [0.15, 0.2) is 0 Å². The lowest BCUT2D eigenvalue weighted by molar-refractivity contribution is 0.192. The maximum atomic E-state index is 9.94. The Morgan fingerprint density at radius 2 is 2.62 bits per heavy atom. The van der Waals surface area contributed by atoms with Crippen molar-refractivity contribution in [1.29, 1.82) is 0 Å². The molecule has 4 heteroatoms. The molecule has 8 heavy (non-hydrogen) atoms. The Morgan fingerprint density at radius 1 is 1.88 bits per heavy atom. The van der Waals surface area contributed by atoms with Crippen LogP contribution in [0.25, 0.3) is 0 Å². The lowest BCUT2D eigenvalue weighted by atomic mass is 10.8. The van der Waals surface area contributed by atoms with Crippen LogP contribution < -0.4 is 0 Å². The summed E-state index contributed by atoms with van der Waals surface area (Å²) in [6, 6.07) is 2.48. The Hall–Kier alpha value is -1.32. The number of carboxylic acid groups (broad SMARTS) is 1. The molecule has 0 amide bonds. The van der Waals surface area contributed by atoms with Crippen molar-refractivity contribution in [1.82, 2.24) is 9.78 Å². The second-order valence-electron chi connectivity index (χ2n) is 1.17. The average molecular weight is 111 g/mol. The standard InChI is InChI=1S/C4H3N2O2/c7-4(8)6-3-1-2-5-6/h2-3H,(H,7,8). The third kappa shape index (κ3) is 0.676. The van der Waals surface area contributed by atoms with Gasteiger partial charge in [0, 0.05) is 12.3 Å². The predicted octanol–water partition coefficient (Wildman–Crippen LogP) is 0.209. The minimum absolute atomic E-state index is 0.778. The van der Waals surface area contributed by atoms with Gasteiger partial charge in [0.1, 0.15) is 0 Å². The highest BCUT2D eigenvalue weighted by molar-refractivity contribution is 5.66. The zero-order valence-electron chi connectivity index (χ0n) is 3.90. The van der Waals surface area contributed by atoms with Crippen molar-refractivity contribution in [2.45, 2.75) is 0 Å². The largest absolute Gasteiger partial charge is 0.463 e. The van der Waals surface area contributed by atoms with Crippen LogP contribution in [0.15, 0.2) is 12.4 Å². The number of carbonyl (C=O) groups is 1. The van der Waals surface area contributed by atoms with E-state index in [4.69, 9.17) is 5.11 Å². The number of aromatic nitrogens is 2. The summed E-state index contributed by atoms with van der Waals surface area (Å²) >= 11 is 0. The fourth-order valence-corrected chi connectivity index (χ4v) is 0.337. The van der Waals surface area contributed by atoms with E-state index in [1.807, 2.05) is 0 Å². The summed E-state index contributed by atoms with van der Waals surface area (Å²) in [5.74, 6) is 0. The molecule has 0 atom stereocenters. The maximum Gasteiger partial charge on any atom is 0.432 e. The van der Waals surface area contributed by atoms with E-state index in [0.29, 0.717) is 0 Å². The average Bonchev–Trinajstić information content (AvgIpc) is 2.12. The van der Waals surface area contributed by atoms with Gasteiger partial charge in [-0.3, -0.25) is 0 Å². The molecule has 1 aromatic heterocycles. The molecule has 0 fully saturated rings. The van der Waals surface area contributed by atoms with Crippen LogP contribution in [0.1, 0.15) is 0 Å². The monoisotopic (exact) mass is 111 g/mol. The fourth-order valence-electron chi connectivity index (χ4n) is 0.337. The second-order valence-corrected chi connectivity index (χ2v) is 1.17. The SMILES string of the molecule is O=C(O)n1c[c]cn1. The molecule has 0 unspecified atom stereocenters. The summed E-state index contributed by atoms with van der Waals surface area (Å²) in [4.78, 5) is 9.94. The zero-order chi connectivity index (χ0) is 5.98. The van der Waals surface area contributed by atoms with Crippen LogP contribution >= 0.6 is 0 Å². The molecule has 0 saturated carbocycles. The van der Waals surface area contributed by atoms with E-state index in [9.17, 15) is 4.79 Å². The van der Waals surface area contributed by atoms with Crippen molar-refractivity contribution in [2.75, 3.05) is 0 Å². The molecule has 0 aliphatic carbocycles. The van der Waals surface area contributed by atoms with Gasteiger partial charge in [0.05, 0.1) is 6.20 Å². The van der Waals surface area contributed by atoms with Gasteiger partial charge in [-0.1, -0.05) is 0 Å². The summed E-state index contributed by atoms with van der Waals surface area (Å²) in [5, 5.41) is 11.5. The molecule has 1 radical (unpaired) electrons. The van der Waals surface area contributed by atoms with Crippen LogP contribution in [0.4, 0.5) is 4.79 Å². The summed E-state index contributed by atoms with van der Waals surface area (Å²) in [7, 11) is 0. The van der Waals surface area contributed by atoms with Crippen LogP contribution in [0.2, 0.25) is 0 Å². The number of nitrogens with zero attached hydrogens (tertiary/aromatic N) is 2. The summed E-state index contributed by atoms with van der Waals surface area (Å²) in [5.41, 5.74) is 0. The molecule has 0 bridgehead atoms. The van der Waals surface area contributed by atoms with Crippen molar-refractivity contribution < 1.29 is 9.90 Å². The van der Waals surface area contributed by atoms with Gasteiger partial charge >= 0.3 is 6.09 Å². The molecule has 0 spiro atoms. The smallest absolute Gasteiger partial charge is 0.432 e. The first kappa shape index (κ1) is 4.83. The van der Waals surface area contributed by atoms with E-state index in [1.54, 1.807) is 0 Å². The molecular formula is C4H3N2O2. The molecular weight excluding hydrogens is 108 g/mol. The fraction of sp³-hybridized carbons (Fsp3) is 0. The van der Waals surface area contributed by atoms with Crippen LogP contribution in [0, 0.1) is 6.07 Å². The van der Waals surface area contributed by atoms with Crippen LogP contribution in [0.3, 0.4) is 0 Å². The van der Waals surface area contributed by atoms with Gasteiger partial charge in [0.2, 0.25) is 0 Å². The molecule has 0 saturated heterocycles. The summed E-state index contributed by atoms with van der Waals surface area (Å²) in [6.07, 6.45) is 1.43. The third-order valence-electron chi connectivity index (χ3n) is 0.649. The Morgan fingerprint density at radius 3 is 2.88 bits per heavy atom. The topological polar surface area (TPSA) is 55.1 Å². The molecule has 0 aliphatic heterocycles. The molecule has 1 aromatic rings. The Labute approximate surface area is 45.4 Å². The lowest BCUT2D eigenvalue weighted by Crippen LogP contribution is -2.07. The van der Waals surface area contributed by atoms with Gasteiger partial charge in [-0.15, -0.1) is 0 Å². The second kappa shape index (κ2) is 1.65. The van der Waals surface area contributed by atoms with Gasteiger partial charge < -0.3 is 5.11 Å². The van der Waals surface area contributed by atoms with E-state index >= 15 is 0 Å². The highest BCUT2D eigenvalue weighted by Gasteiger charge is 1.95. The van der Waals surface area contributed by atoms with Crippen molar-refractivity contribution >= 4 is 6.09 Å². The molecule has 1 heterocycles. The Kier molecular flexibility index (Phi) is 0.997. The number of hydrogen-bond acceptors (Lipinski definition) is 2. The minimum atomic E-state index is -1.09. The van der Waals surface area contributed by atoms with Crippen LogP contribution in [0.5, 0.6) is 0 Å². The van der Waals surface area contributed by atoms with Gasteiger partial charge in [0.25, 0.3) is 0 Å². The van der Waals surface area contributed by atoms with Crippen LogP contribution in [-0.2, 0) is 0 Å². The highest BCUT2D eigenvalue weighted by atomic mass is 16.4. The first-order chi connectivity index (χ1) is 3.80. The number of hydrogen-bond donors (Lipinski definition) is 1. The first-order valence-electron chi connectivity index (χ1n) is 1.95. The Bertz CT molecular complexity index is 180. The van der Waals surface area contributed by atoms with Gasteiger partial charge in [-0.25, -0.2) is 4.79 Å². The number of rotatable bonds is 0. The lowest BCUT2D eigenvalue weighted by Gasteiger charge is -1.85. The Balaban J connectivity index is 2.93. The molecule has 41 valence electrons. The normalized spacial score (nSPS) is 9.00. The predicted molar refractivity (Wildman–Crippen MR) is 24.5 cm³/mol. The van der Waals surface area contributed by atoms with Crippen LogP contribution in [-0.4, -0.2) is 21.0 Å². The van der Waals surface area contributed by atoms with Gasteiger partial charge in [-0.05, 0) is 0 Å². The molecule has 0 aliphatic rings. The molecule has 1 N–H and O–H groups in total. The van der Waals surface area contributed by atoms with E-state index in [0.717, 1.165) is 4.68 Å².